The van der Waals surface area contributed by atoms with Crippen molar-refractivity contribution in [3.05, 3.63) is 0 Å². The fraction of sp³-hybridized carbons (Fsp3) is 0.895. The van der Waals surface area contributed by atoms with E-state index >= 15 is 0 Å². The lowest BCUT2D eigenvalue weighted by atomic mass is 9.95. The highest BCUT2D eigenvalue weighted by Gasteiger charge is 2.58. The Balaban J connectivity index is 1.63. The molecule has 3 fully saturated rings. The Morgan fingerprint density at radius 3 is 2.26 bits per heavy atom. The van der Waals surface area contributed by atoms with E-state index in [1.54, 1.807) is 0 Å². The summed E-state index contributed by atoms with van der Waals surface area (Å²) in [4.78, 5) is 27.9. The first-order valence-electron chi connectivity index (χ1n) is 9.79. The van der Waals surface area contributed by atoms with Crippen LogP contribution in [0.2, 0.25) is 0 Å². The molecular weight excluding hydrogens is 288 g/mol. The highest BCUT2D eigenvalue weighted by molar-refractivity contribution is 6.08. The van der Waals surface area contributed by atoms with Crippen molar-refractivity contribution in [3.63, 3.8) is 0 Å². The number of likely N-dealkylation sites (tertiary alicyclic amines) is 1. The molecule has 130 valence electrons. The van der Waals surface area contributed by atoms with Crippen LogP contribution in [0.4, 0.5) is 0 Å². The quantitative estimate of drug-likeness (QED) is 0.637. The lowest BCUT2D eigenvalue weighted by Gasteiger charge is -2.37. The molecule has 1 saturated heterocycles. The summed E-state index contributed by atoms with van der Waals surface area (Å²) in [7, 11) is 0. The number of nitrogens with one attached hydrogen (secondary N) is 1. The summed E-state index contributed by atoms with van der Waals surface area (Å²) in [5, 5.41) is 3.23. The molecule has 2 aliphatic carbocycles. The van der Waals surface area contributed by atoms with Crippen molar-refractivity contribution in [2.45, 2.75) is 96.1 Å². The third-order valence-electron chi connectivity index (χ3n) is 6.14. The molecule has 1 heterocycles. The molecule has 2 amide bonds. The van der Waals surface area contributed by atoms with Crippen molar-refractivity contribution in [1.29, 1.82) is 0 Å². The van der Waals surface area contributed by atoms with Gasteiger partial charge in [-0.05, 0) is 51.4 Å². The molecule has 4 heteroatoms. The van der Waals surface area contributed by atoms with Crippen LogP contribution in [0, 0.1) is 5.41 Å². The largest absolute Gasteiger partial charge is 0.352 e. The molecule has 1 atom stereocenters. The SMILES string of the molecule is CCC1CCCCN1C(=O)C1(C(=O)NC2CCCCCC2)CC1. The van der Waals surface area contributed by atoms with Crippen LogP contribution in [0.5, 0.6) is 0 Å². The monoisotopic (exact) mass is 320 g/mol. The zero-order valence-corrected chi connectivity index (χ0v) is 14.6. The second kappa shape index (κ2) is 7.23. The van der Waals surface area contributed by atoms with E-state index in [1.165, 1.54) is 32.1 Å². The number of carbonyl (C=O) groups excluding carboxylic acids is 2. The number of carbonyl (C=O) groups is 2. The minimum Gasteiger partial charge on any atom is -0.352 e. The van der Waals surface area contributed by atoms with Crippen molar-refractivity contribution in [2.24, 2.45) is 5.41 Å². The van der Waals surface area contributed by atoms with Gasteiger partial charge < -0.3 is 10.2 Å². The predicted octanol–water partition coefficient (Wildman–Crippen LogP) is 3.40. The Hall–Kier alpha value is -1.06. The molecule has 0 aromatic heterocycles. The summed E-state index contributed by atoms with van der Waals surface area (Å²) in [6.07, 6.45) is 13.0. The molecule has 1 aliphatic heterocycles. The number of piperidine rings is 1. The number of hydrogen-bond acceptors (Lipinski definition) is 2. The molecular formula is C19H32N2O2. The maximum absolute atomic E-state index is 13.1. The van der Waals surface area contributed by atoms with Gasteiger partial charge in [0.1, 0.15) is 5.41 Å². The number of rotatable bonds is 4. The molecule has 23 heavy (non-hydrogen) atoms. The van der Waals surface area contributed by atoms with Gasteiger partial charge in [-0.15, -0.1) is 0 Å². The Bertz CT molecular complexity index is 437. The van der Waals surface area contributed by atoms with Gasteiger partial charge in [0, 0.05) is 18.6 Å². The van der Waals surface area contributed by atoms with Crippen molar-refractivity contribution >= 4 is 11.8 Å². The fourth-order valence-corrected chi connectivity index (χ4v) is 4.38. The third-order valence-corrected chi connectivity index (χ3v) is 6.14. The van der Waals surface area contributed by atoms with E-state index < -0.39 is 5.41 Å². The molecule has 0 bridgehead atoms. The van der Waals surface area contributed by atoms with Gasteiger partial charge in [-0.25, -0.2) is 0 Å². The number of hydrogen-bond donors (Lipinski definition) is 1. The van der Waals surface area contributed by atoms with Gasteiger partial charge in [-0.1, -0.05) is 32.6 Å². The normalized spacial score (nSPS) is 28.0. The van der Waals surface area contributed by atoms with Crippen LogP contribution in [0.25, 0.3) is 0 Å². The van der Waals surface area contributed by atoms with E-state index in [9.17, 15) is 9.59 Å². The second-order valence-electron chi connectivity index (χ2n) is 7.80. The molecule has 0 aromatic carbocycles. The Morgan fingerprint density at radius 2 is 1.65 bits per heavy atom. The Labute approximate surface area is 140 Å². The van der Waals surface area contributed by atoms with Crippen molar-refractivity contribution in [3.8, 4) is 0 Å². The maximum atomic E-state index is 13.1. The van der Waals surface area contributed by atoms with Crippen molar-refractivity contribution in [2.75, 3.05) is 6.54 Å². The minimum absolute atomic E-state index is 0.0230. The molecule has 1 unspecified atom stereocenters. The van der Waals surface area contributed by atoms with E-state index in [0.29, 0.717) is 12.1 Å². The second-order valence-corrected chi connectivity index (χ2v) is 7.80. The standard InChI is InChI=1S/C19H32N2O2/c1-2-16-11-7-8-14-21(16)18(23)19(12-13-19)17(22)20-15-9-5-3-4-6-10-15/h15-16H,2-14H2,1H3,(H,20,22). The van der Waals surface area contributed by atoms with E-state index in [1.807, 2.05) is 4.90 Å². The average Bonchev–Trinajstić information content (AvgIpc) is 3.39. The van der Waals surface area contributed by atoms with Crippen LogP contribution < -0.4 is 5.32 Å². The summed E-state index contributed by atoms with van der Waals surface area (Å²) in [6, 6.07) is 0.637. The molecule has 0 spiro atoms. The Morgan fingerprint density at radius 1 is 1.00 bits per heavy atom. The van der Waals surface area contributed by atoms with E-state index in [4.69, 9.17) is 0 Å². The highest BCUT2D eigenvalue weighted by atomic mass is 16.2. The van der Waals surface area contributed by atoms with Gasteiger partial charge in [0.05, 0.1) is 0 Å². The molecule has 0 aromatic rings. The molecule has 2 saturated carbocycles. The summed E-state index contributed by atoms with van der Waals surface area (Å²) in [6.45, 7) is 3.00. The van der Waals surface area contributed by atoms with Crippen LogP contribution >= 0.6 is 0 Å². The van der Waals surface area contributed by atoms with Crippen LogP contribution in [0.3, 0.4) is 0 Å². The van der Waals surface area contributed by atoms with Crippen molar-refractivity contribution < 1.29 is 9.59 Å². The summed E-state index contributed by atoms with van der Waals surface area (Å²) >= 11 is 0. The first kappa shape index (κ1) is 16.8. The molecule has 4 nitrogen and oxygen atoms in total. The van der Waals surface area contributed by atoms with Gasteiger partial charge in [-0.3, -0.25) is 9.59 Å². The predicted molar refractivity (Wildman–Crippen MR) is 90.9 cm³/mol. The van der Waals surface area contributed by atoms with Gasteiger partial charge in [0.15, 0.2) is 0 Å². The lowest BCUT2D eigenvalue weighted by Crippen LogP contribution is -2.52. The van der Waals surface area contributed by atoms with Gasteiger partial charge in [0.25, 0.3) is 0 Å². The third kappa shape index (κ3) is 3.56. The van der Waals surface area contributed by atoms with Crippen LogP contribution in [-0.4, -0.2) is 35.3 Å². The molecule has 3 rings (SSSR count). The first-order chi connectivity index (χ1) is 11.2. The summed E-state index contributed by atoms with van der Waals surface area (Å²) in [5.41, 5.74) is -0.711. The van der Waals surface area contributed by atoms with E-state index in [-0.39, 0.29) is 11.8 Å². The van der Waals surface area contributed by atoms with Crippen LogP contribution in [-0.2, 0) is 9.59 Å². The maximum Gasteiger partial charge on any atom is 0.238 e. The minimum atomic E-state index is -0.711. The lowest BCUT2D eigenvalue weighted by molar-refractivity contribution is -0.147. The van der Waals surface area contributed by atoms with Crippen LogP contribution in [0.1, 0.15) is 84.0 Å². The molecule has 3 aliphatic rings. The number of amides is 2. The topological polar surface area (TPSA) is 49.4 Å². The summed E-state index contributed by atoms with van der Waals surface area (Å²) < 4.78 is 0. The first-order valence-corrected chi connectivity index (χ1v) is 9.79. The Kier molecular flexibility index (Phi) is 5.27. The van der Waals surface area contributed by atoms with Crippen LogP contribution in [0.15, 0.2) is 0 Å². The fourth-order valence-electron chi connectivity index (χ4n) is 4.38. The smallest absolute Gasteiger partial charge is 0.238 e. The summed E-state index contributed by atoms with van der Waals surface area (Å²) in [5.74, 6) is 0.144. The van der Waals surface area contributed by atoms with E-state index in [0.717, 1.165) is 51.5 Å². The molecule has 0 radical (unpaired) electrons. The van der Waals surface area contributed by atoms with Gasteiger partial charge in [-0.2, -0.15) is 0 Å². The number of nitrogens with zero attached hydrogens (tertiary/aromatic N) is 1. The van der Waals surface area contributed by atoms with Gasteiger partial charge in [0.2, 0.25) is 11.8 Å². The zero-order chi connectivity index (χ0) is 16.3. The van der Waals surface area contributed by atoms with E-state index in [2.05, 4.69) is 12.2 Å². The zero-order valence-electron chi connectivity index (χ0n) is 14.6. The average molecular weight is 320 g/mol. The van der Waals surface area contributed by atoms with Crippen molar-refractivity contribution in [1.82, 2.24) is 10.2 Å². The molecule has 1 N–H and O–H groups in total. The van der Waals surface area contributed by atoms with Gasteiger partial charge >= 0.3 is 0 Å². The highest BCUT2D eigenvalue weighted by Crippen LogP contribution is 2.48.